The molecular weight excluding hydrogens is 432 g/mol. The maximum absolute atomic E-state index is 12.9. The van der Waals surface area contributed by atoms with Gasteiger partial charge in [-0.3, -0.25) is 25.2 Å². The summed E-state index contributed by atoms with van der Waals surface area (Å²) in [4.78, 5) is 38.1. The number of carbonyl (C=O) groups excluding carboxylic acids is 2. The number of hydrazine groups is 1. The van der Waals surface area contributed by atoms with Crippen LogP contribution in [0.25, 0.3) is 10.8 Å². The van der Waals surface area contributed by atoms with Gasteiger partial charge in [0.25, 0.3) is 17.4 Å². The third-order valence-electron chi connectivity index (χ3n) is 5.26. The highest BCUT2D eigenvalue weighted by atomic mass is 16.5. The van der Waals surface area contributed by atoms with Gasteiger partial charge < -0.3 is 4.74 Å². The van der Waals surface area contributed by atoms with Gasteiger partial charge in [-0.05, 0) is 37.1 Å². The maximum atomic E-state index is 12.9. The number of rotatable bonds is 6. The molecule has 0 saturated carbocycles. The Hall–Kier alpha value is -4.46. The summed E-state index contributed by atoms with van der Waals surface area (Å²) < 4.78 is 6.79. The first-order chi connectivity index (χ1) is 16.4. The number of hydrogen-bond donors (Lipinski definition) is 2. The van der Waals surface area contributed by atoms with E-state index in [-0.39, 0.29) is 24.4 Å². The van der Waals surface area contributed by atoms with Crippen molar-refractivity contribution >= 4 is 22.6 Å². The molecule has 1 heterocycles. The fourth-order valence-corrected chi connectivity index (χ4v) is 3.59. The number of amides is 2. The zero-order chi connectivity index (χ0) is 24.1. The average Bonchev–Trinajstić information content (AvgIpc) is 2.84. The predicted molar refractivity (Wildman–Crippen MR) is 129 cm³/mol. The number of aromatic nitrogens is 2. The van der Waals surface area contributed by atoms with E-state index >= 15 is 0 Å². The minimum Gasteiger partial charge on any atom is -0.483 e. The van der Waals surface area contributed by atoms with Crippen LogP contribution in [0.2, 0.25) is 0 Å². The van der Waals surface area contributed by atoms with Crippen LogP contribution in [-0.2, 0) is 11.3 Å². The third-order valence-corrected chi connectivity index (χ3v) is 5.26. The standard InChI is InChI=1S/C26H24N4O4/c1-17-12-13-22(18(2)14-17)34-16-23(31)27-28-25(32)24-20-10-6-7-11-21(20)26(33)30(29-24)15-19-8-4-3-5-9-19/h3-14H,15-16H2,1-2H3,(H,27,31)(H,28,32). The lowest BCUT2D eigenvalue weighted by atomic mass is 10.1. The van der Waals surface area contributed by atoms with Gasteiger partial charge in [-0.15, -0.1) is 0 Å². The van der Waals surface area contributed by atoms with Gasteiger partial charge in [0, 0.05) is 5.39 Å². The van der Waals surface area contributed by atoms with Gasteiger partial charge in [-0.25, -0.2) is 4.68 Å². The molecule has 0 bridgehead atoms. The Kier molecular flexibility index (Phi) is 6.68. The first-order valence-corrected chi connectivity index (χ1v) is 10.8. The van der Waals surface area contributed by atoms with E-state index in [1.165, 1.54) is 4.68 Å². The quantitative estimate of drug-likeness (QED) is 0.435. The molecule has 0 saturated heterocycles. The van der Waals surface area contributed by atoms with Crippen LogP contribution in [0.1, 0.15) is 27.2 Å². The van der Waals surface area contributed by atoms with Crippen molar-refractivity contribution in [2.45, 2.75) is 20.4 Å². The molecule has 0 atom stereocenters. The average molecular weight is 457 g/mol. The number of ether oxygens (including phenoxy) is 1. The first kappa shape index (κ1) is 22.7. The van der Waals surface area contributed by atoms with Crippen LogP contribution in [0, 0.1) is 13.8 Å². The summed E-state index contributed by atoms with van der Waals surface area (Å²) in [6.45, 7) is 3.80. The molecule has 0 aliphatic heterocycles. The van der Waals surface area contributed by atoms with Crippen molar-refractivity contribution in [1.82, 2.24) is 20.6 Å². The fourth-order valence-electron chi connectivity index (χ4n) is 3.59. The summed E-state index contributed by atoms with van der Waals surface area (Å²) >= 11 is 0. The lowest BCUT2D eigenvalue weighted by Gasteiger charge is -2.13. The molecule has 0 unspecified atom stereocenters. The molecule has 8 nitrogen and oxygen atoms in total. The summed E-state index contributed by atoms with van der Waals surface area (Å²) in [6.07, 6.45) is 0. The number of nitrogens with zero attached hydrogens (tertiary/aromatic N) is 2. The highest BCUT2D eigenvalue weighted by Gasteiger charge is 2.17. The van der Waals surface area contributed by atoms with E-state index in [4.69, 9.17) is 4.74 Å². The Bertz CT molecular complexity index is 1410. The Labute approximate surface area is 196 Å². The zero-order valence-corrected chi connectivity index (χ0v) is 18.9. The number of nitrogens with one attached hydrogen (secondary N) is 2. The lowest BCUT2D eigenvalue weighted by Crippen LogP contribution is -2.44. The molecule has 34 heavy (non-hydrogen) atoms. The van der Waals surface area contributed by atoms with Crippen molar-refractivity contribution in [2.75, 3.05) is 6.61 Å². The van der Waals surface area contributed by atoms with Crippen molar-refractivity contribution in [1.29, 1.82) is 0 Å². The molecule has 3 aromatic carbocycles. The van der Waals surface area contributed by atoms with Crippen LogP contribution in [-0.4, -0.2) is 28.2 Å². The third kappa shape index (κ3) is 5.12. The van der Waals surface area contributed by atoms with E-state index in [2.05, 4.69) is 16.0 Å². The maximum Gasteiger partial charge on any atom is 0.290 e. The molecule has 0 fully saturated rings. The van der Waals surface area contributed by atoms with E-state index in [1.807, 2.05) is 56.3 Å². The minimum absolute atomic E-state index is 0.0294. The van der Waals surface area contributed by atoms with E-state index in [1.54, 1.807) is 30.3 Å². The normalized spacial score (nSPS) is 10.6. The Balaban J connectivity index is 1.49. The van der Waals surface area contributed by atoms with Crippen molar-refractivity contribution in [3.05, 3.63) is 106 Å². The molecular formula is C26H24N4O4. The Morgan fingerprint density at radius 2 is 1.62 bits per heavy atom. The van der Waals surface area contributed by atoms with Crippen molar-refractivity contribution in [3.8, 4) is 5.75 Å². The number of benzene rings is 3. The van der Waals surface area contributed by atoms with Gasteiger partial charge in [-0.2, -0.15) is 5.10 Å². The van der Waals surface area contributed by atoms with Crippen LogP contribution >= 0.6 is 0 Å². The van der Waals surface area contributed by atoms with Gasteiger partial charge in [0.15, 0.2) is 12.3 Å². The molecule has 2 N–H and O–H groups in total. The molecule has 1 aromatic heterocycles. The van der Waals surface area contributed by atoms with E-state index < -0.39 is 11.8 Å². The Morgan fingerprint density at radius 1 is 0.912 bits per heavy atom. The van der Waals surface area contributed by atoms with Crippen molar-refractivity contribution in [3.63, 3.8) is 0 Å². The minimum atomic E-state index is -0.641. The summed E-state index contributed by atoms with van der Waals surface area (Å²) in [5.41, 5.74) is 7.30. The van der Waals surface area contributed by atoms with E-state index in [9.17, 15) is 14.4 Å². The summed E-state index contributed by atoms with van der Waals surface area (Å²) in [5, 5.41) is 5.06. The van der Waals surface area contributed by atoms with E-state index in [0.717, 1.165) is 16.7 Å². The fraction of sp³-hybridized carbons (Fsp3) is 0.154. The van der Waals surface area contributed by atoms with Crippen LogP contribution < -0.4 is 21.1 Å². The van der Waals surface area contributed by atoms with Gasteiger partial charge in [0.05, 0.1) is 11.9 Å². The van der Waals surface area contributed by atoms with Crippen LogP contribution in [0.15, 0.2) is 77.6 Å². The lowest BCUT2D eigenvalue weighted by molar-refractivity contribution is -0.123. The number of hydrogen-bond acceptors (Lipinski definition) is 5. The largest absolute Gasteiger partial charge is 0.483 e. The molecule has 0 aliphatic carbocycles. The predicted octanol–water partition coefficient (Wildman–Crippen LogP) is 2.90. The first-order valence-electron chi connectivity index (χ1n) is 10.8. The Morgan fingerprint density at radius 3 is 2.35 bits per heavy atom. The van der Waals surface area contributed by atoms with Crippen LogP contribution in [0.5, 0.6) is 5.75 Å². The monoisotopic (exact) mass is 456 g/mol. The molecule has 0 aliphatic rings. The molecule has 172 valence electrons. The SMILES string of the molecule is Cc1ccc(OCC(=O)NNC(=O)c2nn(Cc3ccccc3)c(=O)c3ccccc23)c(C)c1. The molecule has 4 rings (SSSR count). The van der Waals surface area contributed by atoms with Gasteiger partial charge in [0.2, 0.25) is 0 Å². The number of carbonyl (C=O) groups is 2. The second kappa shape index (κ2) is 9.99. The number of fused-ring (bicyclic) bond motifs is 1. The molecule has 2 amide bonds. The topological polar surface area (TPSA) is 102 Å². The van der Waals surface area contributed by atoms with Crippen LogP contribution in [0.3, 0.4) is 0 Å². The summed E-state index contributed by atoms with van der Waals surface area (Å²) in [6, 6.07) is 21.7. The van der Waals surface area contributed by atoms with Crippen molar-refractivity contribution < 1.29 is 14.3 Å². The highest BCUT2D eigenvalue weighted by Crippen LogP contribution is 2.18. The second-order valence-electron chi connectivity index (χ2n) is 7.90. The zero-order valence-electron chi connectivity index (χ0n) is 18.9. The molecule has 0 radical (unpaired) electrons. The highest BCUT2D eigenvalue weighted by molar-refractivity contribution is 6.05. The van der Waals surface area contributed by atoms with Gasteiger partial charge >= 0.3 is 0 Å². The van der Waals surface area contributed by atoms with Crippen LogP contribution in [0.4, 0.5) is 0 Å². The smallest absolute Gasteiger partial charge is 0.290 e. The van der Waals surface area contributed by atoms with Gasteiger partial charge in [-0.1, -0.05) is 66.2 Å². The number of aryl methyl sites for hydroxylation is 2. The molecule has 4 aromatic rings. The van der Waals surface area contributed by atoms with E-state index in [0.29, 0.717) is 16.5 Å². The summed E-state index contributed by atoms with van der Waals surface area (Å²) in [5.74, 6) is -0.583. The molecule has 0 spiro atoms. The van der Waals surface area contributed by atoms with Crippen molar-refractivity contribution in [2.24, 2.45) is 0 Å². The molecule has 8 heteroatoms. The summed E-state index contributed by atoms with van der Waals surface area (Å²) in [7, 11) is 0. The second-order valence-corrected chi connectivity index (χ2v) is 7.90. The van der Waals surface area contributed by atoms with Gasteiger partial charge in [0.1, 0.15) is 5.75 Å².